The van der Waals surface area contributed by atoms with E-state index in [2.05, 4.69) is 107 Å². The van der Waals surface area contributed by atoms with Gasteiger partial charge in [0.1, 0.15) is 12.2 Å². The molecule has 0 aliphatic carbocycles. The largest absolute Gasteiger partial charge is 0.262 e. The summed E-state index contributed by atoms with van der Waals surface area (Å²) in [4.78, 5) is 32.3. The lowest BCUT2D eigenvalue weighted by atomic mass is 10.2. The molecule has 0 fully saturated rings. The van der Waals surface area contributed by atoms with E-state index in [1.807, 2.05) is 187 Å². The topological polar surface area (TPSA) is 103 Å². The first kappa shape index (κ1) is 80.7. The van der Waals surface area contributed by atoms with Crippen LogP contribution in [0.25, 0.3) is 0 Å². The van der Waals surface area contributed by atoms with Gasteiger partial charge in [-0.2, -0.15) is 11.3 Å². The zero-order valence-corrected chi connectivity index (χ0v) is 50.3. The van der Waals surface area contributed by atoms with E-state index < -0.39 is 0 Å². The summed E-state index contributed by atoms with van der Waals surface area (Å²) in [6.07, 6.45) is 17.2. The van der Waals surface area contributed by atoms with Crippen molar-refractivity contribution < 1.29 is 0 Å². The van der Waals surface area contributed by atoms with E-state index in [0.717, 1.165) is 27.8 Å². The molecule has 0 saturated heterocycles. The summed E-state index contributed by atoms with van der Waals surface area (Å²) in [6, 6.07) is 24.2. The van der Waals surface area contributed by atoms with Crippen LogP contribution >= 0.6 is 34.0 Å². The van der Waals surface area contributed by atoms with Gasteiger partial charge in [-0.25, -0.2) is 19.9 Å². The minimum atomic E-state index is 0.822. The van der Waals surface area contributed by atoms with Gasteiger partial charge in [-0.3, -0.25) is 19.9 Å². The Labute approximate surface area is 437 Å². The predicted molar refractivity (Wildman–Crippen MR) is 316 cm³/mol. The molecule has 0 bridgehead atoms. The molecule has 8 aromatic rings. The maximum Gasteiger partial charge on any atom is 0.125 e. The minimum Gasteiger partial charge on any atom is -0.262 e. The summed E-state index contributed by atoms with van der Waals surface area (Å²) in [5.41, 5.74) is 5.81. The van der Waals surface area contributed by atoms with Gasteiger partial charge in [0.05, 0.1) is 10.7 Å². The number of pyridine rings is 1. The normalized spacial score (nSPS) is 7.42. The lowest BCUT2D eigenvalue weighted by Gasteiger charge is -1.82. The molecule has 8 nitrogen and oxygen atoms in total. The molecule has 7 heterocycles. The number of hydrogen-bond acceptors (Lipinski definition) is 11. The highest BCUT2D eigenvalue weighted by Gasteiger charge is 1.79. The number of thiazole rings is 1. The van der Waals surface area contributed by atoms with Gasteiger partial charge in [0.15, 0.2) is 0 Å². The quantitative estimate of drug-likeness (QED) is 0.148. The molecule has 0 spiro atoms. The standard InChI is InChI=1S/C7H8.C6H7N.3C5H6N2.2C5H6S.C4H5NS.8C2H6/c1-7-5-3-2-4-6-7;1-6-4-2-3-5-7-6;1-5-2-6-4-7-3-5;1-5-4-6-2-3-7-5;1-5-6-3-2-4-7-5;1-5-2-3-6-4-5;1-5-3-2-4-6-5;1-4-5-2-3-6-4;8*1-2/h2-6H,1H3;2-5H,1H3;3*2-4H,1H3;2*2-4H,1H3;2-3H,1H3;8*1-2H3. The van der Waals surface area contributed by atoms with Crippen LogP contribution in [-0.4, -0.2) is 39.9 Å². The highest BCUT2D eigenvalue weighted by molar-refractivity contribution is 7.10. The zero-order valence-electron chi connectivity index (χ0n) is 47.8. The summed E-state index contributed by atoms with van der Waals surface area (Å²) in [6.45, 7) is 48.0. The predicted octanol–water partition coefficient (Wildman–Crippen LogP) is 19.5. The molecule has 7 aromatic heterocycles. The molecule has 0 atom stereocenters. The average Bonchev–Trinajstić information content (AvgIpc) is 4.25. The number of rotatable bonds is 0. The second-order valence-electron chi connectivity index (χ2n) is 10.8. The van der Waals surface area contributed by atoms with Crippen molar-refractivity contribution in [2.45, 2.75) is 166 Å². The molecule has 388 valence electrons. The van der Waals surface area contributed by atoms with Crippen molar-refractivity contribution in [3.63, 3.8) is 0 Å². The lowest BCUT2D eigenvalue weighted by molar-refractivity contribution is 1.05. The highest BCUT2D eigenvalue weighted by atomic mass is 32.1. The van der Waals surface area contributed by atoms with Crippen molar-refractivity contribution >= 4 is 34.0 Å². The molecule has 1 aromatic carbocycles. The Morgan fingerprint density at radius 2 is 0.855 bits per heavy atom. The fourth-order valence-corrected chi connectivity index (χ4v) is 4.73. The van der Waals surface area contributed by atoms with Gasteiger partial charge in [0.25, 0.3) is 0 Å². The Morgan fingerprint density at radius 3 is 1.04 bits per heavy atom. The van der Waals surface area contributed by atoms with Crippen molar-refractivity contribution in [3.05, 3.63) is 200 Å². The maximum atomic E-state index is 3.98. The van der Waals surface area contributed by atoms with Crippen LogP contribution in [0.15, 0.2) is 156 Å². The van der Waals surface area contributed by atoms with Gasteiger partial charge >= 0.3 is 0 Å². The van der Waals surface area contributed by atoms with Crippen LogP contribution in [0.2, 0.25) is 0 Å². The Balaban J connectivity index is -0.0000000986. The van der Waals surface area contributed by atoms with Gasteiger partial charge in [-0.1, -0.05) is 159 Å². The summed E-state index contributed by atoms with van der Waals surface area (Å²) in [5, 5.41) is 9.38. The molecule has 11 heteroatoms. The number of nitrogens with zero attached hydrogens (tertiary/aromatic N) is 8. The molecule has 0 radical (unpaired) electrons. The van der Waals surface area contributed by atoms with Crippen molar-refractivity contribution in [1.29, 1.82) is 0 Å². The monoisotopic (exact) mass is 1000 g/mol. The van der Waals surface area contributed by atoms with E-state index in [1.54, 1.807) is 95.8 Å². The number of benzene rings is 1. The second kappa shape index (κ2) is 76.9. The van der Waals surface area contributed by atoms with Crippen LogP contribution in [0.1, 0.15) is 155 Å². The van der Waals surface area contributed by atoms with Gasteiger partial charge in [-0.15, -0.1) is 22.7 Å². The smallest absolute Gasteiger partial charge is 0.125 e. The first-order chi connectivity index (χ1) is 33.7. The molecule has 8 rings (SSSR count). The van der Waals surface area contributed by atoms with Gasteiger partial charge in [0, 0.05) is 71.7 Å². The average molecular weight is 1000 g/mol. The third kappa shape index (κ3) is 74.4. The highest BCUT2D eigenvalue weighted by Crippen LogP contribution is 2.04. The van der Waals surface area contributed by atoms with E-state index in [1.165, 1.54) is 22.3 Å². The lowest BCUT2D eigenvalue weighted by Crippen LogP contribution is -1.80. The fraction of sp³-hybridized carbons (Fsp3) is 0.414. The Morgan fingerprint density at radius 1 is 0.333 bits per heavy atom. The van der Waals surface area contributed by atoms with Crippen molar-refractivity contribution in [2.75, 3.05) is 0 Å². The molecular weight excluding hydrogens is 905 g/mol. The van der Waals surface area contributed by atoms with Gasteiger partial charge < -0.3 is 0 Å². The maximum absolute atomic E-state index is 3.98. The van der Waals surface area contributed by atoms with E-state index in [4.69, 9.17) is 0 Å². The van der Waals surface area contributed by atoms with E-state index in [-0.39, 0.29) is 0 Å². The molecule has 69 heavy (non-hydrogen) atoms. The summed E-state index contributed by atoms with van der Waals surface area (Å²) in [7, 11) is 0. The van der Waals surface area contributed by atoms with E-state index >= 15 is 0 Å². The Hall–Kier alpha value is -5.36. The molecule has 0 aliphatic rings. The minimum absolute atomic E-state index is 0.822. The van der Waals surface area contributed by atoms with Gasteiger partial charge in [-0.05, 0) is 113 Å². The van der Waals surface area contributed by atoms with Crippen LogP contribution in [0, 0.1) is 55.4 Å². The molecule has 0 amide bonds. The van der Waals surface area contributed by atoms with Gasteiger partial charge in [0.2, 0.25) is 0 Å². The number of thiophene rings is 2. The van der Waals surface area contributed by atoms with E-state index in [9.17, 15) is 0 Å². The fourth-order valence-electron chi connectivity index (χ4n) is 3.09. The SMILES string of the molecule is CC.CC.CC.CC.CC.CC.CC.CC.Cc1ccccc1.Cc1ccccn1.Cc1cccs1.Cc1ccsc1.Cc1cnccn1.Cc1cncnc1.Cc1ncccn1.Cc1nccs1. The first-order valence-electron chi connectivity index (χ1n) is 24.6. The number of aryl methyl sites for hydroxylation is 8. The first-order valence-corrected chi connectivity index (χ1v) is 27.3. The van der Waals surface area contributed by atoms with E-state index in [0.29, 0.717) is 0 Å². The molecule has 0 unspecified atom stereocenters. The molecular formula is C58H98N8S3. The third-order valence-electron chi connectivity index (χ3n) is 5.71. The Bertz CT molecular complexity index is 1570. The van der Waals surface area contributed by atoms with Crippen LogP contribution < -0.4 is 0 Å². The molecule has 0 aliphatic heterocycles. The number of hydrogen-bond donors (Lipinski definition) is 0. The van der Waals surface area contributed by atoms with Crippen molar-refractivity contribution in [2.24, 2.45) is 0 Å². The molecule has 0 saturated carbocycles. The number of aromatic nitrogens is 8. The third-order valence-corrected chi connectivity index (χ3v) is 8.02. The summed E-state index contributed by atoms with van der Waals surface area (Å²) >= 11 is 5.18. The van der Waals surface area contributed by atoms with Crippen molar-refractivity contribution in [3.8, 4) is 0 Å². The van der Waals surface area contributed by atoms with Crippen LogP contribution in [0.5, 0.6) is 0 Å². The molecule has 0 N–H and O–H groups in total. The van der Waals surface area contributed by atoms with Crippen LogP contribution in [0.4, 0.5) is 0 Å². The van der Waals surface area contributed by atoms with Crippen LogP contribution in [-0.2, 0) is 0 Å². The van der Waals surface area contributed by atoms with Crippen LogP contribution in [0.3, 0.4) is 0 Å². The second-order valence-corrected chi connectivity index (χ2v) is 13.8. The zero-order chi connectivity index (χ0) is 54.8. The Kier molecular flexibility index (Phi) is 89.9. The summed E-state index contributed by atoms with van der Waals surface area (Å²) < 4.78 is 0. The van der Waals surface area contributed by atoms with Crippen molar-refractivity contribution in [1.82, 2.24) is 39.9 Å². The summed E-state index contributed by atoms with van der Waals surface area (Å²) in [5.74, 6) is 0.822.